The topological polar surface area (TPSA) is 29.5 Å². The zero-order valence-electron chi connectivity index (χ0n) is 15.6. The van der Waals surface area contributed by atoms with Crippen molar-refractivity contribution >= 4 is 6.09 Å². The molecule has 130 valence electrons. The van der Waals surface area contributed by atoms with E-state index in [0.717, 1.165) is 25.7 Å². The summed E-state index contributed by atoms with van der Waals surface area (Å²) in [6.45, 7) is 10.2. The molecule has 2 heterocycles. The Hall–Kier alpha value is -1.77. The molecule has 1 aromatic rings. The van der Waals surface area contributed by atoms with Crippen LogP contribution in [0.5, 0.6) is 0 Å². The summed E-state index contributed by atoms with van der Waals surface area (Å²) in [6.07, 6.45) is 6.28. The predicted molar refractivity (Wildman–Crippen MR) is 97.2 cm³/mol. The molecule has 1 fully saturated rings. The van der Waals surface area contributed by atoms with Crippen LogP contribution >= 0.6 is 0 Å². The fourth-order valence-corrected chi connectivity index (χ4v) is 4.00. The summed E-state index contributed by atoms with van der Waals surface area (Å²) in [7, 11) is 0. The first kappa shape index (κ1) is 17.1. The van der Waals surface area contributed by atoms with Gasteiger partial charge in [-0.25, -0.2) is 4.79 Å². The van der Waals surface area contributed by atoms with E-state index in [1.807, 2.05) is 25.7 Å². The van der Waals surface area contributed by atoms with Gasteiger partial charge in [0.2, 0.25) is 0 Å². The molecule has 2 atom stereocenters. The van der Waals surface area contributed by atoms with Crippen LogP contribution in [-0.2, 0) is 11.2 Å². The molecule has 24 heavy (non-hydrogen) atoms. The number of amides is 1. The molecule has 2 aliphatic rings. The summed E-state index contributed by atoms with van der Waals surface area (Å²) in [5.41, 5.74) is 5.20. The number of fused-ring (bicyclic) bond motifs is 2. The van der Waals surface area contributed by atoms with Crippen molar-refractivity contribution in [1.29, 1.82) is 0 Å². The second kappa shape index (κ2) is 6.27. The minimum absolute atomic E-state index is 0.155. The Labute approximate surface area is 145 Å². The van der Waals surface area contributed by atoms with E-state index in [4.69, 9.17) is 4.74 Å². The number of nitrogens with zero attached hydrogens (tertiary/aromatic N) is 1. The number of carbonyl (C=O) groups is 1. The highest BCUT2D eigenvalue weighted by Crippen LogP contribution is 2.37. The zero-order valence-corrected chi connectivity index (χ0v) is 15.6. The van der Waals surface area contributed by atoms with Gasteiger partial charge in [-0.1, -0.05) is 29.8 Å². The molecule has 0 radical (unpaired) electrons. The van der Waals surface area contributed by atoms with Crippen molar-refractivity contribution in [2.45, 2.75) is 78.0 Å². The highest BCUT2D eigenvalue weighted by atomic mass is 16.6. The number of hydrogen-bond acceptors (Lipinski definition) is 2. The number of rotatable bonds is 2. The van der Waals surface area contributed by atoms with Gasteiger partial charge in [-0.15, -0.1) is 0 Å². The van der Waals surface area contributed by atoms with Crippen LogP contribution in [0.4, 0.5) is 4.79 Å². The monoisotopic (exact) mass is 327 g/mol. The summed E-state index contributed by atoms with van der Waals surface area (Å²) < 4.78 is 5.61. The fourth-order valence-electron chi connectivity index (χ4n) is 4.00. The number of aryl methyl sites for hydroxylation is 2. The third-order valence-electron chi connectivity index (χ3n) is 5.12. The van der Waals surface area contributed by atoms with Gasteiger partial charge in [0.05, 0.1) is 6.04 Å². The van der Waals surface area contributed by atoms with E-state index < -0.39 is 5.60 Å². The van der Waals surface area contributed by atoms with Gasteiger partial charge in [-0.05, 0) is 77.0 Å². The Morgan fingerprint density at radius 1 is 1.21 bits per heavy atom. The Balaban J connectivity index is 1.76. The molecule has 3 rings (SSSR count). The molecule has 0 saturated carbocycles. The van der Waals surface area contributed by atoms with E-state index in [9.17, 15) is 4.79 Å². The average molecular weight is 327 g/mol. The molecule has 2 unspecified atom stereocenters. The maximum Gasteiger partial charge on any atom is 0.411 e. The molecule has 1 amide bonds. The van der Waals surface area contributed by atoms with E-state index in [1.54, 1.807) is 0 Å². The molecule has 1 aromatic carbocycles. The lowest BCUT2D eigenvalue weighted by Gasteiger charge is -2.35. The van der Waals surface area contributed by atoms with E-state index in [-0.39, 0.29) is 12.1 Å². The van der Waals surface area contributed by atoms with Crippen LogP contribution in [0.15, 0.2) is 29.8 Å². The molecule has 0 spiro atoms. The van der Waals surface area contributed by atoms with Crippen LogP contribution in [0.3, 0.4) is 0 Å². The van der Waals surface area contributed by atoms with Crippen LogP contribution in [-0.4, -0.2) is 28.7 Å². The lowest BCUT2D eigenvalue weighted by molar-refractivity contribution is 0.0166. The maximum absolute atomic E-state index is 12.5. The van der Waals surface area contributed by atoms with Crippen LogP contribution in [0.2, 0.25) is 0 Å². The number of carbonyl (C=O) groups excluding carboxylic acids is 1. The quantitative estimate of drug-likeness (QED) is 0.720. The van der Waals surface area contributed by atoms with Crippen molar-refractivity contribution < 1.29 is 9.53 Å². The molecule has 0 N–H and O–H groups in total. The van der Waals surface area contributed by atoms with Crippen LogP contribution in [0, 0.1) is 13.8 Å². The van der Waals surface area contributed by atoms with Gasteiger partial charge in [0.1, 0.15) is 5.60 Å². The molecule has 2 bridgehead atoms. The molecule has 0 aliphatic carbocycles. The predicted octanol–water partition coefficient (Wildman–Crippen LogP) is 4.94. The highest BCUT2D eigenvalue weighted by Gasteiger charge is 2.41. The SMILES string of the molecule is Cc1cccc(C)c1CC1=CC2CCC(C1)N2C(=O)OC(C)(C)C. The van der Waals surface area contributed by atoms with Gasteiger partial charge < -0.3 is 4.74 Å². The molecule has 0 aromatic heterocycles. The van der Waals surface area contributed by atoms with Crippen molar-refractivity contribution in [1.82, 2.24) is 4.90 Å². The summed E-state index contributed by atoms with van der Waals surface area (Å²) in [5, 5.41) is 0. The number of benzene rings is 1. The largest absolute Gasteiger partial charge is 0.444 e. The van der Waals surface area contributed by atoms with Crippen molar-refractivity contribution in [2.24, 2.45) is 0 Å². The Bertz CT molecular complexity index is 649. The third kappa shape index (κ3) is 3.50. The summed E-state index contributed by atoms with van der Waals surface area (Å²) >= 11 is 0. The van der Waals surface area contributed by atoms with E-state index in [1.165, 1.54) is 22.3 Å². The standard InChI is InChI=1S/C21H29NO2/c1-14-7-6-8-15(2)19(14)13-16-11-17-9-10-18(12-16)22(17)20(23)24-21(3,4)5/h6-8,11,17-18H,9-10,12-13H2,1-5H3. The summed E-state index contributed by atoms with van der Waals surface area (Å²) in [5.74, 6) is 0. The minimum Gasteiger partial charge on any atom is -0.444 e. The Morgan fingerprint density at radius 3 is 2.46 bits per heavy atom. The second-order valence-corrected chi connectivity index (χ2v) is 8.26. The molecule has 2 aliphatic heterocycles. The normalized spacial score (nSPS) is 23.2. The van der Waals surface area contributed by atoms with Crippen molar-refractivity contribution in [2.75, 3.05) is 0 Å². The van der Waals surface area contributed by atoms with Crippen molar-refractivity contribution in [3.8, 4) is 0 Å². The first-order chi connectivity index (χ1) is 11.2. The van der Waals surface area contributed by atoms with Gasteiger partial charge in [-0.3, -0.25) is 4.90 Å². The molecule has 1 saturated heterocycles. The lowest BCUT2D eigenvalue weighted by Crippen LogP contribution is -2.45. The van der Waals surface area contributed by atoms with Gasteiger partial charge >= 0.3 is 6.09 Å². The fraction of sp³-hybridized carbons (Fsp3) is 0.571. The molecular weight excluding hydrogens is 298 g/mol. The van der Waals surface area contributed by atoms with E-state index in [2.05, 4.69) is 38.1 Å². The van der Waals surface area contributed by atoms with E-state index >= 15 is 0 Å². The average Bonchev–Trinajstić information content (AvgIpc) is 2.73. The summed E-state index contributed by atoms with van der Waals surface area (Å²) in [6, 6.07) is 7.00. The Morgan fingerprint density at radius 2 is 1.88 bits per heavy atom. The second-order valence-electron chi connectivity index (χ2n) is 8.26. The number of ether oxygens (including phenoxy) is 1. The van der Waals surface area contributed by atoms with Gasteiger partial charge in [0, 0.05) is 6.04 Å². The lowest BCUT2D eigenvalue weighted by atomic mass is 9.91. The van der Waals surface area contributed by atoms with Crippen molar-refractivity contribution in [3.05, 3.63) is 46.5 Å². The van der Waals surface area contributed by atoms with Gasteiger partial charge in [-0.2, -0.15) is 0 Å². The van der Waals surface area contributed by atoms with Crippen LogP contribution < -0.4 is 0 Å². The van der Waals surface area contributed by atoms with Gasteiger partial charge in [0.15, 0.2) is 0 Å². The molecule has 3 heteroatoms. The van der Waals surface area contributed by atoms with E-state index in [0.29, 0.717) is 6.04 Å². The first-order valence-electron chi connectivity index (χ1n) is 9.00. The zero-order chi connectivity index (χ0) is 17.5. The van der Waals surface area contributed by atoms with Gasteiger partial charge in [0.25, 0.3) is 0 Å². The number of hydrogen-bond donors (Lipinski definition) is 0. The van der Waals surface area contributed by atoms with Crippen LogP contribution in [0.1, 0.15) is 56.7 Å². The minimum atomic E-state index is -0.432. The third-order valence-corrected chi connectivity index (χ3v) is 5.12. The highest BCUT2D eigenvalue weighted by molar-refractivity contribution is 5.70. The molecule has 3 nitrogen and oxygen atoms in total. The van der Waals surface area contributed by atoms with Crippen LogP contribution in [0.25, 0.3) is 0 Å². The summed E-state index contributed by atoms with van der Waals surface area (Å²) in [4.78, 5) is 14.5. The maximum atomic E-state index is 12.5. The molecular formula is C21H29NO2. The first-order valence-corrected chi connectivity index (χ1v) is 9.00. The van der Waals surface area contributed by atoms with Crippen molar-refractivity contribution in [3.63, 3.8) is 0 Å². The Kier molecular flexibility index (Phi) is 4.46. The smallest absolute Gasteiger partial charge is 0.411 e.